The van der Waals surface area contributed by atoms with Crippen LogP contribution in [0.2, 0.25) is 0 Å². The molecule has 0 aromatic carbocycles. The van der Waals surface area contributed by atoms with E-state index in [9.17, 15) is 4.79 Å². The predicted molar refractivity (Wildman–Crippen MR) is 47.1 cm³/mol. The van der Waals surface area contributed by atoms with Crippen molar-refractivity contribution >= 4 is 35.2 Å². The van der Waals surface area contributed by atoms with Crippen LogP contribution in [-0.4, -0.2) is 10.4 Å². The molecule has 58 valence electrons. The number of esters is 1. The van der Waals surface area contributed by atoms with Gasteiger partial charge in [0, 0.05) is 6.42 Å². The van der Waals surface area contributed by atoms with Gasteiger partial charge < -0.3 is 4.74 Å². The molecule has 0 saturated heterocycles. The molecule has 0 fully saturated rings. The van der Waals surface area contributed by atoms with Gasteiger partial charge in [-0.15, -0.1) is 0 Å². The molecule has 0 spiro atoms. The third kappa shape index (κ3) is 6.04. The maximum Gasteiger partial charge on any atom is 0.312 e. The lowest BCUT2D eigenvalue weighted by Crippen LogP contribution is -2.08. The lowest BCUT2D eigenvalue weighted by molar-refractivity contribution is -0.135. The fourth-order valence-corrected chi connectivity index (χ4v) is 0.667. The topological polar surface area (TPSA) is 26.3 Å². The zero-order chi connectivity index (χ0) is 8.15. The van der Waals surface area contributed by atoms with Crippen LogP contribution in [0.25, 0.3) is 0 Å². The second kappa shape index (κ2) is 4.68. The van der Waals surface area contributed by atoms with Crippen LogP contribution in [0.5, 0.6) is 0 Å². The summed E-state index contributed by atoms with van der Waals surface area (Å²) in [4.78, 5) is 10.7. The van der Waals surface area contributed by atoms with Crippen molar-refractivity contribution in [3.05, 3.63) is 0 Å². The van der Waals surface area contributed by atoms with Crippen molar-refractivity contribution in [1.29, 1.82) is 0 Å². The molecule has 0 aromatic heterocycles. The fraction of sp³-hybridized carbons (Fsp3) is 0.667. The Bertz CT molecular complexity index is 143. The number of thiol groups is 1. The van der Waals surface area contributed by atoms with E-state index in [1.54, 1.807) is 0 Å². The highest BCUT2D eigenvalue weighted by atomic mass is 32.1. The van der Waals surface area contributed by atoms with Gasteiger partial charge in [0.25, 0.3) is 0 Å². The van der Waals surface area contributed by atoms with Gasteiger partial charge in [0.15, 0.2) is 0 Å². The fourth-order valence-electron chi connectivity index (χ4n) is 0.472. The van der Waals surface area contributed by atoms with Crippen LogP contribution in [0.1, 0.15) is 20.3 Å². The number of ether oxygens (including phenoxy) is 1. The number of hydrogen-bond donors (Lipinski definition) is 1. The molecular weight excluding hydrogens is 168 g/mol. The van der Waals surface area contributed by atoms with Gasteiger partial charge in [0.05, 0.1) is 0 Å². The molecule has 0 atom stereocenters. The molecule has 0 N–H and O–H groups in total. The van der Waals surface area contributed by atoms with E-state index in [-0.39, 0.29) is 10.4 Å². The minimum atomic E-state index is -0.310. The van der Waals surface area contributed by atoms with Gasteiger partial charge in [-0.05, 0) is 18.1 Å². The largest absolute Gasteiger partial charge is 0.409 e. The first-order chi connectivity index (χ1) is 4.52. The molecule has 0 aromatic rings. The Morgan fingerprint density at radius 2 is 2.20 bits per heavy atom. The first kappa shape index (κ1) is 9.91. The summed E-state index contributed by atoms with van der Waals surface area (Å²) < 4.78 is 4.51. The number of rotatable bonds is 2. The summed E-state index contributed by atoms with van der Waals surface area (Å²) >= 11 is 8.09. The van der Waals surface area contributed by atoms with E-state index in [1.165, 1.54) is 0 Å². The molecule has 4 heteroatoms. The standard InChI is InChI=1S/C6H10O2S2/c1-4(2)3-5(7)8-6(9)10/h4H,3H2,1-2H3,(H,9,10). The highest BCUT2D eigenvalue weighted by Gasteiger charge is 2.06. The Labute approximate surface area is 71.4 Å². The Kier molecular flexibility index (Phi) is 4.64. The number of hydrogen-bond acceptors (Lipinski definition) is 3. The van der Waals surface area contributed by atoms with E-state index in [0.29, 0.717) is 12.3 Å². The Morgan fingerprint density at radius 3 is 2.50 bits per heavy atom. The van der Waals surface area contributed by atoms with Crippen LogP contribution in [0.3, 0.4) is 0 Å². The average molecular weight is 178 g/mol. The van der Waals surface area contributed by atoms with E-state index < -0.39 is 0 Å². The molecule has 0 aliphatic rings. The van der Waals surface area contributed by atoms with Crippen LogP contribution in [0.15, 0.2) is 0 Å². The van der Waals surface area contributed by atoms with Crippen molar-refractivity contribution in [3.8, 4) is 0 Å². The third-order valence-electron chi connectivity index (χ3n) is 0.776. The highest BCUT2D eigenvalue weighted by molar-refractivity contribution is 8.10. The number of thiocarbonyl (C=S) groups is 1. The van der Waals surface area contributed by atoms with Gasteiger partial charge in [0.2, 0.25) is 4.38 Å². The molecule has 0 saturated carbocycles. The summed E-state index contributed by atoms with van der Waals surface area (Å²) in [5.74, 6) is -0.00909. The highest BCUT2D eigenvalue weighted by Crippen LogP contribution is 2.02. The third-order valence-corrected chi connectivity index (χ3v) is 0.951. The molecule has 0 rings (SSSR count). The van der Waals surface area contributed by atoms with Crippen LogP contribution in [0, 0.1) is 5.92 Å². The van der Waals surface area contributed by atoms with E-state index in [1.807, 2.05) is 13.8 Å². The van der Waals surface area contributed by atoms with Gasteiger partial charge in [-0.25, -0.2) is 0 Å². The lowest BCUT2D eigenvalue weighted by atomic mass is 10.1. The summed E-state index contributed by atoms with van der Waals surface area (Å²) in [7, 11) is 0. The molecule has 10 heavy (non-hydrogen) atoms. The summed E-state index contributed by atoms with van der Waals surface area (Å²) in [5, 5.41) is 0. The molecule has 0 heterocycles. The zero-order valence-corrected chi connectivity index (χ0v) is 7.67. The van der Waals surface area contributed by atoms with Crippen LogP contribution >= 0.6 is 24.8 Å². The molecule has 0 aliphatic heterocycles. The summed E-state index contributed by atoms with van der Waals surface area (Å²) in [5.41, 5.74) is 0. The number of carbonyl (C=O) groups is 1. The summed E-state index contributed by atoms with van der Waals surface area (Å²) in [6.45, 7) is 3.87. The normalized spacial score (nSPS) is 9.60. The van der Waals surface area contributed by atoms with Crippen molar-refractivity contribution < 1.29 is 9.53 Å². The van der Waals surface area contributed by atoms with Crippen molar-refractivity contribution in [2.45, 2.75) is 20.3 Å². The van der Waals surface area contributed by atoms with Crippen molar-refractivity contribution in [3.63, 3.8) is 0 Å². The molecule has 0 aliphatic carbocycles. The van der Waals surface area contributed by atoms with E-state index in [4.69, 9.17) is 0 Å². The van der Waals surface area contributed by atoms with Gasteiger partial charge in [-0.3, -0.25) is 4.79 Å². The second-order valence-corrected chi connectivity index (χ2v) is 3.42. The van der Waals surface area contributed by atoms with E-state index in [2.05, 4.69) is 29.6 Å². The predicted octanol–water partition coefficient (Wildman–Crippen LogP) is 1.79. The van der Waals surface area contributed by atoms with Crippen LogP contribution < -0.4 is 0 Å². The maximum absolute atomic E-state index is 10.7. The first-order valence-corrected chi connectivity index (χ1v) is 3.81. The van der Waals surface area contributed by atoms with Crippen molar-refractivity contribution in [2.75, 3.05) is 0 Å². The maximum atomic E-state index is 10.7. The zero-order valence-electron chi connectivity index (χ0n) is 5.96. The van der Waals surface area contributed by atoms with Crippen molar-refractivity contribution in [2.24, 2.45) is 5.92 Å². The van der Waals surface area contributed by atoms with Gasteiger partial charge in [-0.1, -0.05) is 26.5 Å². The van der Waals surface area contributed by atoms with Gasteiger partial charge in [-0.2, -0.15) is 0 Å². The van der Waals surface area contributed by atoms with Crippen molar-refractivity contribution in [1.82, 2.24) is 0 Å². The second-order valence-electron chi connectivity index (χ2n) is 2.34. The monoisotopic (exact) mass is 178 g/mol. The minimum absolute atomic E-state index is 0.00866. The Balaban J connectivity index is 3.54. The summed E-state index contributed by atoms with van der Waals surface area (Å²) in [6.07, 6.45) is 0.390. The van der Waals surface area contributed by atoms with Gasteiger partial charge >= 0.3 is 5.97 Å². The molecule has 0 unspecified atom stereocenters. The average Bonchev–Trinajstić information content (AvgIpc) is 1.58. The minimum Gasteiger partial charge on any atom is -0.409 e. The molecular formula is C6H10O2S2. The quantitative estimate of drug-likeness (QED) is 0.396. The van der Waals surface area contributed by atoms with Crippen LogP contribution in [-0.2, 0) is 9.53 Å². The van der Waals surface area contributed by atoms with Gasteiger partial charge in [0.1, 0.15) is 0 Å². The lowest BCUT2D eigenvalue weighted by Gasteiger charge is -2.02. The molecule has 2 nitrogen and oxygen atoms in total. The summed E-state index contributed by atoms with van der Waals surface area (Å²) in [6, 6.07) is 0. The Morgan fingerprint density at radius 1 is 1.70 bits per heavy atom. The van der Waals surface area contributed by atoms with E-state index in [0.717, 1.165) is 0 Å². The first-order valence-electron chi connectivity index (χ1n) is 2.96. The molecule has 0 radical (unpaired) electrons. The smallest absolute Gasteiger partial charge is 0.312 e. The Hall–Kier alpha value is -0.0900. The van der Waals surface area contributed by atoms with Crippen LogP contribution in [0.4, 0.5) is 0 Å². The number of carbonyl (C=O) groups excluding carboxylic acids is 1. The van der Waals surface area contributed by atoms with E-state index >= 15 is 0 Å². The molecule has 0 amide bonds. The SMILES string of the molecule is CC(C)CC(=O)OC(=S)S. The molecule has 0 bridgehead atoms.